The van der Waals surface area contributed by atoms with Gasteiger partial charge in [0.1, 0.15) is 6.04 Å². The fourth-order valence-electron chi connectivity index (χ4n) is 3.08. The quantitative estimate of drug-likeness (QED) is 0.530. The summed E-state index contributed by atoms with van der Waals surface area (Å²) in [5.41, 5.74) is 3.22. The van der Waals surface area contributed by atoms with Gasteiger partial charge in [-0.25, -0.2) is 9.78 Å². The van der Waals surface area contributed by atoms with Crippen LogP contribution in [-0.2, 0) is 16.0 Å². The summed E-state index contributed by atoms with van der Waals surface area (Å²) < 4.78 is 4.86. The molecule has 7 heteroatoms. The van der Waals surface area contributed by atoms with E-state index in [-0.39, 0.29) is 6.42 Å². The van der Waals surface area contributed by atoms with E-state index in [4.69, 9.17) is 4.74 Å². The third-order valence-corrected chi connectivity index (χ3v) is 4.56. The zero-order valence-electron chi connectivity index (χ0n) is 15.7. The van der Waals surface area contributed by atoms with Crippen molar-refractivity contribution in [2.24, 2.45) is 0 Å². The third kappa shape index (κ3) is 4.03. The van der Waals surface area contributed by atoms with Crippen molar-refractivity contribution >= 4 is 33.8 Å². The number of fused-ring (bicyclic) bond motifs is 2. The van der Waals surface area contributed by atoms with Gasteiger partial charge in [-0.3, -0.25) is 14.8 Å². The summed E-state index contributed by atoms with van der Waals surface area (Å²) >= 11 is 0. The number of esters is 1. The molecule has 29 heavy (non-hydrogen) atoms. The van der Waals surface area contributed by atoms with E-state index >= 15 is 0 Å². The zero-order chi connectivity index (χ0) is 20.2. The van der Waals surface area contributed by atoms with E-state index < -0.39 is 17.9 Å². The minimum atomic E-state index is -0.894. The maximum absolute atomic E-state index is 12.7. The Bertz CT molecular complexity index is 1210. The Morgan fingerprint density at radius 1 is 0.966 bits per heavy atom. The molecule has 0 spiro atoms. The van der Waals surface area contributed by atoms with Crippen molar-refractivity contribution in [3.63, 3.8) is 0 Å². The number of carbonyl (C=O) groups excluding carboxylic acids is 2. The largest absolute Gasteiger partial charge is 0.467 e. The lowest BCUT2D eigenvalue weighted by Crippen LogP contribution is -2.43. The smallest absolute Gasteiger partial charge is 0.328 e. The molecule has 0 aliphatic carbocycles. The first-order chi connectivity index (χ1) is 14.1. The first-order valence-electron chi connectivity index (χ1n) is 9.08. The van der Waals surface area contributed by atoms with E-state index in [1.165, 1.54) is 13.3 Å². The topological polar surface area (TPSA) is 94.1 Å². The normalized spacial score (nSPS) is 11.9. The van der Waals surface area contributed by atoms with Gasteiger partial charge in [-0.2, -0.15) is 0 Å². The number of nitrogens with zero attached hydrogens (tertiary/aromatic N) is 3. The molecule has 1 N–H and O–H groups in total. The van der Waals surface area contributed by atoms with Crippen LogP contribution < -0.4 is 5.32 Å². The molecule has 144 valence electrons. The Labute approximate surface area is 166 Å². The number of amides is 1. The molecule has 0 saturated heterocycles. The molecule has 2 aromatic heterocycles. The van der Waals surface area contributed by atoms with Crippen molar-refractivity contribution in [2.75, 3.05) is 7.11 Å². The second-order valence-corrected chi connectivity index (χ2v) is 6.52. The Morgan fingerprint density at radius 2 is 1.66 bits per heavy atom. The highest BCUT2D eigenvalue weighted by molar-refractivity contribution is 5.99. The van der Waals surface area contributed by atoms with E-state index in [9.17, 15) is 9.59 Å². The molecule has 2 heterocycles. The number of nitrogens with one attached hydrogen (secondary N) is 1. The Balaban J connectivity index is 1.57. The Kier molecular flexibility index (Phi) is 5.11. The number of aromatic nitrogens is 3. The first kappa shape index (κ1) is 18.5. The summed E-state index contributed by atoms with van der Waals surface area (Å²) in [5, 5.41) is 3.57. The van der Waals surface area contributed by atoms with Crippen LogP contribution >= 0.6 is 0 Å². The number of pyridine rings is 1. The van der Waals surface area contributed by atoms with Gasteiger partial charge in [0.05, 0.1) is 34.9 Å². The van der Waals surface area contributed by atoms with Gasteiger partial charge in [0.2, 0.25) is 0 Å². The second-order valence-electron chi connectivity index (χ2n) is 6.52. The molecule has 4 rings (SSSR count). The van der Waals surface area contributed by atoms with Gasteiger partial charge in [0, 0.05) is 24.2 Å². The molecule has 4 aromatic rings. The second kappa shape index (κ2) is 8.02. The highest BCUT2D eigenvalue weighted by atomic mass is 16.5. The first-order valence-corrected chi connectivity index (χ1v) is 9.08. The van der Waals surface area contributed by atoms with Crippen molar-refractivity contribution in [1.29, 1.82) is 0 Å². The predicted molar refractivity (Wildman–Crippen MR) is 108 cm³/mol. The summed E-state index contributed by atoms with van der Waals surface area (Å²) in [5.74, 6) is -0.963. The highest BCUT2D eigenvalue weighted by Gasteiger charge is 2.24. The Morgan fingerprint density at radius 3 is 2.45 bits per heavy atom. The molecule has 1 atom stereocenters. The monoisotopic (exact) mass is 386 g/mol. The van der Waals surface area contributed by atoms with Crippen LogP contribution in [0.2, 0.25) is 0 Å². The van der Waals surface area contributed by atoms with E-state index in [1.54, 1.807) is 12.3 Å². The van der Waals surface area contributed by atoms with E-state index in [1.807, 2.05) is 48.5 Å². The molecular weight excluding hydrogens is 368 g/mol. The number of methoxy groups -OCH3 is 1. The van der Waals surface area contributed by atoms with Crippen LogP contribution in [0.25, 0.3) is 21.9 Å². The molecule has 0 aliphatic heterocycles. The fourth-order valence-corrected chi connectivity index (χ4v) is 3.08. The van der Waals surface area contributed by atoms with Gasteiger partial charge >= 0.3 is 5.97 Å². The van der Waals surface area contributed by atoms with Gasteiger partial charge in [0.25, 0.3) is 5.91 Å². The average Bonchev–Trinajstić information content (AvgIpc) is 2.77. The molecule has 0 bridgehead atoms. The van der Waals surface area contributed by atoms with Gasteiger partial charge in [-0.15, -0.1) is 0 Å². The van der Waals surface area contributed by atoms with Crippen LogP contribution in [-0.4, -0.2) is 40.0 Å². The summed E-state index contributed by atoms with van der Waals surface area (Å²) in [6, 6.07) is 15.8. The lowest BCUT2D eigenvalue weighted by Gasteiger charge is -2.16. The number of para-hydroxylation sites is 3. The lowest BCUT2D eigenvalue weighted by atomic mass is 10.1. The van der Waals surface area contributed by atoms with E-state index in [2.05, 4.69) is 20.3 Å². The maximum Gasteiger partial charge on any atom is 0.328 e. The minimum absolute atomic E-state index is 0.164. The fraction of sp³-hybridized carbons (Fsp3) is 0.136. The van der Waals surface area contributed by atoms with E-state index in [0.717, 1.165) is 21.9 Å². The maximum atomic E-state index is 12.7. The summed E-state index contributed by atoms with van der Waals surface area (Å²) in [6.07, 6.45) is 3.25. The number of benzene rings is 2. The predicted octanol–water partition coefficient (Wildman–Crippen LogP) is 2.69. The number of carbonyl (C=O) groups is 2. The van der Waals surface area contributed by atoms with Gasteiger partial charge in [-0.1, -0.05) is 30.3 Å². The summed E-state index contributed by atoms with van der Waals surface area (Å²) in [4.78, 5) is 38.2. The molecule has 0 fully saturated rings. The van der Waals surface area contributed by atoms with Crippen molar-refractivity contribution in [2.45, 2.75) is 12.5 Å². The number of rotatable bonds is 5. The standard InChI is InChI=1S/C22H18N4O3/c1-29-22(28)20(11-16-13-24-18-8-4-5-9-19(18)25-16)26-21(27)15-10-14-6-2-3-7-17(14)23-12-15/h2-10,12-13,20H,11H2,1H3,(H,26,27)/t20-/m1/s1. The Hall–Kier alpha value is -3.87. The van der Waals surface area contributed by atoms with Crippen LogP contribution in [0.5, 0.6) is 0 Å². The molecule has 1 amide bonds. The highest BCUT2D eigenvalue weighted by Crippen LogP contribution is 2.14. The van der Waals surface area contributed by atoms with Gasteiger partial charge in [-0.05, 0) is 24.3 Å². The third-order valence-electron chi connectivity index (χ3n) is 4.56. The van der Waals surface area contributed by atoms with Gasteiger partial charge in [0.15, 0.2) is 0 Å². The van der Waals surface area contributed by atoms with Crippen molar-refractivity contribution < 1.29 is 14.3 Å². The lowest BCUT2D eigenvalue weighted by molar-refractivity contribution is -0.142. The van der Waals surface area contributed by atoms with Crippen LogP contribution in [0.4, 0.5) is 0 Å². The molecule has 0 saturated carbocycles. The molecule has 2 aromatic carbocycles. The molecular formula is C22H18N4O3. The number of hydrogen-bond donors (Lipinski definition) is 1. The van der Waals surface area contributed by atoms with Crippen LogP contribution in [0.1, 0.15) is 16.1 Å². The van der Waals surface area contributed by atoms with Crippen molar-refractivity contribution in [1.82, 2.24) is 20.3 Å². The zero-order valence-corrected chi connectivity index (χ0v) is 15.7. The van der Waals surface area contributed by atoms with Crippen molar-refractivity contribution in [3.05, 3.63) is 78.2 Å². The number of ether oxygens (including phenoxy) is 1. The van der Waals surface area contributed by atoms with Gasteiger partial charge < -0.3 is 10.1 Å². The van der Waals surface area contributed by atoms with Crippen LogP contribution in [0.3, 0.4) is 0 Å². The average molecular weight is 386 g/mol. The molecule has 7 nitrogen and oxygen atoms in total. The molecule has 0 radical (unpaired) electrons. The SMILES string of the molecule is COC(=O)[C@@H](Cc1cnc2ccccc2n1)NC(=O)c1cnc2ccccc2c1. The summed E-state index contributed by atoms with van der Waals surface area (Å²) in [6.45, 7) is 0. The number of hydrogen-bond acceptors (Lipinski definition) is 6. The van der Waals surface area contributed by atoms with Crippen LogP contribution in [0, 0.1) is 0 Å². The van der Waals surface area contributed by atoms with Crippen molar-refractivity contribution in [3.8, 4) is 0 Å². The van der Waals surface area contributed by atoms with E-state index in [0.29, 0.717) is 11.3 Å². The minimum Gasteiger partial charge on any atom is -0.467 e. The molecule has 0 aliphatic rings. The molecule has 0 unspecified atom stereocenters. The summed E-state index contributed by atoms with van der Waals surface area (Å²) in [7, 11) is 1.28. The van der Waals surface area contributed by atoms with Crippen LogP contribution in [0.15, 0.2) is 67.0 Å².